The second kappa shape index (κ2) is 9.32. The molecular weight excluding hydrogens is 436 g/mol. The van der Waals surface area contributed by atoms with Crippen LogP contribution in [0, 0.1) is 0 Å². The quantitative estimate of drug-likeness (QED) is 0.457. The highest BCUT2D eigenvalue weighted by atomic mass is 35.5. The van der Waals surface area contributed by atoms with Crippen LogP contribution < -0.4 is 14.8 Å². The summed E-state index contributed by atoms with van der Waals surface area (Å²) in [5, 5.41) is 14.7. The number of halogens is 1. The van der Waals surface area contributed by atoms with Gasteiger partial charge < -0.3 is 14.8 Å². The number of nitrogens with zero attached hydrogens (tertiary/aromatic N) is 4. The molecule has 5 rings (SSSR count). The Morgan fingerprint density at radius 3 is 2.77 bits per heavy atom. The van der Waals surface area contributed by atoms with Crippen LogP contribution in [0.2, 0.25) is 0 Å². The second-order valence-corrected chi connectivity index (χ2v) is 7.86. The molecule has 4 aromatic rings. The minimum Gasteiger partial charge on any atom is -0.493 e. The first-order valence-corrected chi connectivity index (χ1v) is 10.5. The molecule has 31 heavy (non-hydrogen) atoms. The number of hydrogen-bond acceptors (Lipinski definition) is 8. The van der Waals surface area contributed by atoms with Gasteiger partial charge in [0.1, 0.15) is 23.1 Å². The molecule has 0 amide bonds. The molecule has 2 aromatic carbocycles. The Morgan fingerprint density at radius 1 is 1.10 bits per heavy atom. The van der Waals surface area contributed by atoms with Crippen LogP contribution in [0.25, 0.3) is 20.8 Å². The van der Waals surface area contributed by atoms with E-state index in [4.69, 9.17) is 14.5 Å². The number of rotatable bonds is 6. The summed E-state index contributed by atoms with van der Waals surface area (Å²) >= 11 is 1.65. The average Bonchev–Trinajstić information content (AvgIpc) is 3.47. The number of thiazole rings is 1. The number of benzene rings is 2. The van der Waals surface area contributed by atoms with Crippen molar-refractivity contribution in [3.8, 4) is 22.1 Å². The molecule has 1 aliphatic rings. The van der Waals surface area contributed by atoms with Crippen molar-refractivity contribution in [1.29, 1.82) is 0 Å². The normalized spacial score (nSPS) is 13.3. The molecule has 0 atom stereocenters. The van der Waals surface area contributed by atoms with Gasteiger partial charge in [0.15, 0.2) is 11.5 Å². The summed E-state index contributed by atoms with van der Waals surface area (Å²) in [5.41, 5.74) is 3.78. The maximum Gasteiger partial charge on any atom is 0.161 e. The molecule has 0 aliphatic carbocycles. The third-order valence-electron chi connectivity index (χ3n) is 4.81. The average molecular weight is 457 g/mol. The summed E-state index contributed by atoms with van der Waals surface area (Å²) in [6, 6.07) is 12.1. The number of H-pyrrole nitrogens is 1. The molecule has 0 bridgehead atoms. The van der Waals surface area contributed by atoms with Crippen molar-refractivity contribution in [2.45, 2.75) is 13.0 Å². The van der Waals surface area contributed by atoms with E-state index >= 15 is 0 Å². The Bertz CT molecular complexity index is 1210. The number of nitrogens with one attached hydrogen (secondary N) is 2. The maximum atomic E-state index is 5.82. The van der Waals surface area contributed by atoms with Gasteiger partial charge >= 0.3 is 0 Å². The monoisotopic (exact) mass is 456 g/mol. The van der Waals surface area contributed by atoms with Crippen LogP contribution in [0.15, 0.2) is 47.6 Å². The SMILES string of the molecule is COc1cc(-c2nc3ccc(C4=NCCCN4)cc3s2)ccc1OCc1cn[nH]n1.Cl. The van der Waals surface area contributed by atoms with Crippen molar-refractivity contribution in [3.63, 3.8) is 0 Å². The lowest BCUT2D eigenvalue weighted by Crippen LogP contribution is -2.30. The van der Waals surface area contributed by atoms with E-state index < -0.39 is 0 Å². The van der Waals surface area contributed by atoms with Gasteiger partial charge in [0.25, 0.3) is 0 Å². The van der Waals surface area contributed by atoms with E-state index in [9.17, 15) is 0 Å². The number of methoxy groups -OCH3 is 1. The zero-order valence-corrected chi connectivity index (χ0v) is 18.4. The van der Waals surface area contributed by atoms with E-state index in [1.54, 1.807) is 24.6 Å². The van der Waals surface area contributed by atoms with E-state index in [2.05, 4.69) is 43.9 Å². The molecule has 160 valence electrons. The molecule has 1 aliphatic heterocycles. The van der Waals surface area contributed by atoms with Gasteiger partial charge in [-0.3, -0.25) is 4.99 Å². The summed E-state index contributed by atoms with van der Waals surface area (Å²) in [7, 11) is 1.63. The zero-order valence-electron chi connectivity index (χ0n) is 16.8. The van der Waals surface area contributed by atoms with E-state index in [1.165, 1.54) is 0 Å². The standard InChI is InChI=1S/C21H20N6O2S.ClH/c1-28-18-9-14(4-6-17(18)29-12-15-11-24-27-26-15)21-25-16-5-3-13(10-19(16)30-21)20-22-7-2-8-23-20;/h3-6,9-11H,2,7-8,12H2,1H3,(H,22,23)(H,24,26,27);1H. The number of aromatic amines is 1. The van der Waals surface area contributed by atoms with Gasteiger partial charge in [0.2, 0.25) is 0 Å². The third-order valence-corrected chi connectivity index (χ3v) is 5.88. The topological polar surface area (TPSA) is 97.3 Å². The number of ether oxygens (including phenoxy) is 2. The van der Waals surface area contributed by atoms with Gasteiger partial charge in [-0.1, -0.05) is 0 Å². The molecule has 0 saturated carbocycles. The molecule has 0 fully saturated rings. The molecule has 10 heteroatoms. The molecule has 2 N–H and O–H groups in total. The molecule has 0 unspecified atom stereocenters. The van der Waals surface area contributed by atoms with E-state index in [0.717, 1.165) is 57.4 Å². The number of fused-ring (bicyclic) bond motifs is 1. The lowest BCUT2D eigenvalue weighted by atomic mass is 10.1. The Kier molecular flexibility index (Phi) is 6.34. The second-order valence-electron chi connectivity index (χ2n) is 6.83. The van der Waals surface area contributed by atoms with Gasteiger partial charge in [-0.05, 0) is 42.8 Å². The van der Waals surface area contributed by atoms with Crippen molar-refractivity contribution < 1.29 is 9.47 Å². The van der Waals surface area contributed by atoms with Crippen LogP contribution in [0.3, 0.4) is 0 Å². The highest BCUT2D eigenvalue weighted by Crippen LogP contribution is 2.36. The predicted molar refractivity (Wildman–Crippen MR) is 124 cm³/mol. The highest BCUT2D eigenvalue weighted by Gasteiger charge is 2.13. The Hall–Kier alpha value is -3.17. The first-order valence-electron chi connectivity index (χ1n) is 9.65. The van der Waals surface area contributed by atoms with Gasteiger partial charge in [0, 0.05) is 24.2 Å². The van der Waals surface area contributed by atoms with Gasteiger partial charge in [-0.15, -0.1) is 23.7 Å². The fourth-order valence-corrected chi connectivity index (χ4v) is 4.29. The number of amidine groups is 1. The largest absolute Gasteiger partial charge is 0.493 e. The predicted octanol–water partition coefficient (Wildman–Crippen LogP) is 3.83. The van der Waals surface area contributed by atoms with Crippen molar-refractivity contribution in [1.82, 2.24) is 25.7 Å². The van der Waals surface area contributed by atoms with Gasteiger partial charge in [-0.2, -0.15) is 15.4 Å². The van der Waals surface area contributed by atoms with Crippen molar-refractivity contribution in [2.75, 3.05) is 20.2 Å². The minimum absolute atomic E-state index is 0. The number of hydrogen-bond donors (Lipinski definition) is 2. The van der Waals surface area contributed by atoms with Crippen LogP contribution in [0.1, 0.15) is 17.7 Å². The molecular formula is C21H21ClN6O2S. The Morgan fingerprint density at radius 2 is 2.00 bits per heavy atom. The van der Waals surface area contributed by atoms with Crippen LogP contribution in [0.5, 0.6) is 11.5 Å². The third kappa shape index (κ3) is 4.47. The first-order chi connectivity index (χ1) is 14.8. The zero-order chi connectivity index (χ0) is 20.3. The van der Waals surface area contributed by atoms with Crippen LogP contribution in [-0.4, -0.2) is 46.4 Å². The van der Waals surface area contributed by atoms with Crippen molar-refractivity contribution in [2.24, 2.45) is 4.99 Å². The molecule has 3 heterocycles. The van der Waals surface area contributed by atoms with E-state index in [-0.39, 0.29) is 12.4 Å². The maximum absolute atomic E-state index is 5.82. The van der Waals surface area contributed by atoms with E-state index in [1.807, 2.05) is 18.2 Å². The summed E-state index contributed by atoms with van der Waals surface area (Å²) in [6.07, 6.45) is 2.71. The van der Waals surface area contributed by atoms with Crippen LogP contribution in [0.4, 0.5) is 0 Å². The summed E-state index contributed by atoms with van der Waals surface area (Å²) in [5.74, 6) is 2.26. The lowest BCUT2D eigenvalue weighted by molar-refractivity contribution is 0.280. The number of aromatic nitrogens is 4. The number of aliphatic imine (C=N–C) groups is 1. The molecule has 0 radical (unpaired) electrons. The van der Waals surface area contributed by atoms with Crippen LogP contribution >= 0.6 is 23.7 Å². The molecule has 0 saturated heterocycles. The Labute approximate surface area is 189 Å². The summed E-state index contributed by atoms with van der Waals surface area (Å²) < 4.78 is 12.5. The molecule has 2 aromatic heterocycles. The van der Waals surface area contributed by atoms with Crippen molar-refractivity contribution in [3.05, 3.63) is 53.9 Å². The smallest absolute Gasteiger partial charge is 0.161 e. The lowest BCUT2D eigenvalue weighted by Gasteiger charge is -2.14. The Balaban J connectivity index is 0.00000231. The van der Waals surface area contributed by atoms with Crippen LogP contribution in [-0.2, 0) is 6.61 Å². The minimum atomic E-state index is 0. The first kappa shape index (κ1) is 21.1. The summed E-state index contributed by atoms with van der Waals surface area (Å²) in [4.78, 5) is 9.39. The molecule has 0 spiro atoms. The van der Waals surface area contributed by atoms with Crippen molar-refractivity contribution >= 4 is 39.8 Å². The fraction of sp³-hybridized carbons (Fsp3) is 0.238. The highest BCUT2D eigenvalue weighted by molar-refractivity contribution is 7.21. The fourth-order valence-electron chi connectivity index (χ4n) is 3.29. The van der Waals surface area contributed by atoms with Gasteiger partial charge in [-0.25, -0.2) is 4.98 Å². The van der Waals surface area contributed by atoms with E-state index in [0.29, 0.717) is 18.1 Å². The molecule has 8 nitrogen and oxygen atoms in total. The van der Waals surface area contributed by atoms with Gasteiger partial charge in [0.05, 0.1) is 23.5 Å². The summed E-state index contributed by atoms with van der Waals surface area (Å²) in [6.45, 7) is 2.16.